The molecule has 0 aliphatic rings. The Morgan fingerprint density at radius 2 is 1.88 bits per heavy atom. The lowest BCUT2D eigenvalue weighted by atomic mass is 10.1. The average molecular weight is 236 g/mol. The largest absolute Gasteiger partial charge is 0.478 e. The molecule has 0 unspecified atom stereocenters. The van der Waals surface area contributed by atoms with Gasteiger partial charge in [0.15, 0.2) is 0 Å². The highest BCUT2D eigenvalue weighted by Gasteiger charge is 2.07. The van der Waals surface area contributed by atoms with E-state index in [-0.39, 0.29) is 18.0 Å². The molecule has 0 fully saturated rings. The molecular formula is C12H16N2O3. The van der Waals surface area contributed by atoms with Gasteiger partial charge < -0.3 is 10.8 Å². The van der Waals surface area contributed by atoms with E-state index in [4.69, 9.17) is 10.8 Å². The van der Waals surface area contributed by atoms with E-state index in [1.807, 2.05) is 11.8 Å². The van der Waals surface area contributed by atoms with Crippen molar-refractivity contribution >= 4 is 11.9 Å². The third kappa shape index (κ3) is 4.24. The topological polar surface area (TPSA) is 83.6 Å². The summed E-state index contributed by atoms with van der Waals surface area (Å²) < 4.78 is 0. The number of carboxylic acid groups (broad SMARTS) is 1. The average Bonchev–Trinajstić information content (AvgIpc) is 2.28. The number of carboxylic acids is 1. The Hall–Kier alpha value is -1.88. The molecule has 0 aliphatic carbocycles. The van der Waals surface area contributed by atoms with Crippen LogP contribution in [0.3, 0.4) is 0 Å². The van der Waals surface area contributed by atoms with E-state index in [0.29, 0.717) is 13.1 Å². The van der Waals surface area contributed by atoms with Gasteiger partial charge in [0.2, 0.25) is 5.91 Å². The summed E-state index contributed by atoms with van der Waals surface area (Å²) in [5.41, 5.74) is 6.34. The van der Waals surface area contributed by atoms with Crippen LogP contribution in [0.5, 0.6) is 0 Å². The van der Waals surface area contributed by atoms with Gasteiger partial charge in [0.1, 0.15) is 0 Å². The second-order valence-corrected chi connectivity index (χ2v) is 3.77. The standard InChI is InChI=1S/C12H16N2O3/c1-2-14(8-11(13)15)7-9-3-5-10(6-4-9)12(16)17/h3-6H,2,7-8H2,1H3,(H2,13,15)(H,16,17). The molecule has 0 saturated heterocycles. The predicted molar refractivity (Wildman–Crippen MR) is 63.5 cm³/mol. The molecule has 0 bridgehead atoms. The number of carbonyl (C=O) groups is 2. The summed E-state index contributed by atoms with van der Waals surface area (Å²) in [6.07, 6.45) is 0. The highest BCUT2D eigenvalue weighted by Crippen LogP contribution is 2.07. The molecule has 5 heteroatoms. The van der Waals surface area contributed by atoms with Crippen LogP contribution in [0.1, 0.15) is 22.8 Å². The van der Waals surface area contributed by atoms with Gasteiger partial charge >= 0.3 is 5.97 Å². The molecule has 1 rings (SSSR count). The first-order valence-corrected chi connectivity index (χ1v) is 5.35. The number of benzene rings is 1. The first-order valence-electron chi connectivity index (χ1n) is 5.35. The highest BCUT2D eigenvalue weighted by molar-refractivity contribution is 5.87. The van der Waals surface area contributed by atoms with E-state index in [1.165, 1.54) is 0 Å². The smallest absolute Gasteiger partial charge is 0.335 e. The van der Waals surface area contributed by atoms with E-state index < -0.39 is 5.97 Å². The van der Waals surface area contributed by atoms with Crippen molar-refractivity contribution in [3.8, 4) is 0 Å². The quantitative estimate of drug-likeness (QED) is 0.761. The lowest BCUT2D eigenvalue weighted by Gasteiger charge is -2.18. The Balaban J connectivity index is 2.67. The van der Waals surface area contributed by atoms with E-state index in [0.717, 1.165) is 5.56 Å². The van der Waals surface area contributed by atoms with Gasteiger partial charge in [-0.1, -0.05) is 19.1 Å². The van der Waals surface area contributed by atoms with Crippen LogP contribution in [-0.2, 0) is 11.3 Å². The van der Waals surface area contributed by atoms with Crippen molar-refractivity contribution in [3.05, 3.63) is 35.4 Å². The Bertz CT molecular complexity index is 401. The summed E-state index contributed by atoms with van der Waals surface area (Å²) in [7, 11) is 0. The van der Waals surface area contributed by atoms with Crippen LogP contribution in [0, 0.1) is 0 Å². The van der Waals surface area contributed by atoms with Crippen LogP contribution in [0.25, 0.3) is 0 Å². The predicted octanol–water partition coefficient (Wildman–Crippen LogP) is 0.692. The lowest BCUT2D eigenvalue weighted by Crippen LogP contribution is -2.33. The zero-order chi connectivity index (χ0) is 12.8. The van der Waals surface area contributed by atoms with Gasteiger partial charge in [-0.15, -0.1) is 0 Å². The van der Waals surface area contributed by atoms with Crippen molar-refractivity contribution < 1.29 is 14.7 Å². The fourth-order valence-corrected chi connectivity index (χ4v) is 1.51. The van der Waals surface area contributed by atoms with Gasteiger partial charge in [0.05, 0.1) is 12.1 Å². The van der Waals surface area contributed by atoms with Gasteiger partial charge in [0, 0.05) is 6.54 Å². The Labute approximate surface area is 99.8 Å². The molecule has 0 radical (unpaired) electrons. The number of hydrogen-bond donors (Lipinski definition) is 2. The maximum absolute atomic E-state index is 10.8. The number of primary amides is 1. The van der Waals surface area contributed by atoms with Gasteiger partial charge in [-0.2, -0.15) is 0 Å². The molecule has 1 aromatic carbocycles. The molecular weight excluding hydrogens is 220 g/mol. The number of nitrogens with zero attached hydrogens (tertiary/aromatic N) is 1. The van der Waals surface area contributed by atoms with Crippen molar-refractivity contribution in [2.45, 2.75) is 13.5 Å². The van der Waals surface area contributed by atoms with Crippen LogP contribution in [0.15, 0.2) is 24.3 Å². The summed E-state index contributed by atoms with van der Waals surface area (Å²) >= 11 is 0. The number of likely N-dealkylation sites (N-methyl/N-ethyl adjacent to an activating group) is 1. The molecule has 0 aliphatic heterocycles. The van der Waals surface area contributed by atoms with Crippen LogP contribution in [0.4, 0.5) is 0 Å². The third-order valence-electron chi connectivity index (χ3n) is 2.43. The molecule has 3 N–H and O–H groups in total. The summed E-state index contributed by atoms with van der Waals surface area (Å²) in [4.78, 5) is 23.4. The number of amides is 1. The summed E-state index contributed by atoms with van der Waals surface area (Å²) in [6, 6.07) is 6.59. The van der Waals surface area contributed by atoms with Gasteiger partial charge in [-0.25, -0.2) is 4.79 Å². The number of rotatable bonds is 6. The first-order chi connectivity index (χ1) is 8.02. The molecule has 1 aromatic rings. The summed E-state index contributed by atoms with van der Waals surface area (Å²) in [6.45, 7) is 3.44. The number of nitrogens with two attached hydrogens (primary N) is 1. The van der Waals surface area contributed by atoms with Crippen LogP contribution >= 0.6 is 0 Å². The Kier molecular flexibility index (Phi) is 4.66. The zero-order valence-electron chi connectivity index (χ0n) is 9.72. The second kappa shape index (κ2) is 6.00. The SMILES string of the molecule is CCN(CC(N)=O)Cc1ccc(C(=O)O)cc1. The maximum atomic E-state index is 10.8. The molecule has 0 atom stereocenters. The molecule has 17 heavy (non-hydrogen) atoms. The second-order valence-electron chi connectivity index (χ2n) is 3.77. The van der Waals surface area contributed by atoms with E-state index in [2.05, 4.69) is 0 Å². The van der Waals surface area contributed by atoms with Crippen molar-refractivity contribution in [1.29, 1.82) is 0 Å². The third-order valence-corrected chi connectivity index (χ3v) is 2.43. The van der Waals surface area contributed by atoms with Gasteiger partial charge in [-0.05, 0) is 24.2 Å². The zero-order valence-corrected chi connectivity index (χ0v) is 9.72. The molecule has 92 valence electrons. The number of aromatic carboxylic acids is 1. The summed E-state index contributed by atoms with van der Waals surface area (Å²) in [5.74, 6) is -1.31. The van der Waals surface area contributed by atoms with Crippen molar-refractivity contribution in [3.63, 3.8) is 0 Å². The maximum Gasteiger partial charge on any atom is 0.335 e. The Morgan fingerprint density at radius 3 is 2.29 bits per heavy atom. The van der Waals surface area contributed by atoms with Crippen LogP contribution < -0.4 is 5.73 Å². The first kappa shape index (κ1) is 13.2. The van der Waals surface area contributed by atoms with Crippen LogP contribution in [0.2, 0.25) is 0 Å². The molecule has 0 aromatic heterocycles. The van der Waals surface area contributed by atoms with Gasteiger partial charge in [-0.3, -0.25) is 9.69 Å². The number of hydrogen-bond acceptors (Lipinski definition) is 3. The monoisotopic (exact) mass is 236 g/mol. The minimum atomic E-state index is -0.943. The van der Waals surface area contributed by atoms with Gasteiger partial charge in [0.25, 0.3) is 0 Å². The van der Waals surface area contributed by atoms with Crippen molar-refractivity contribution in [1.82, 2.24) is 4.90 Å². The Morgan fingerprint density at radius 1 is 1.29 bits per heavy atom. The fourth-order valence-electron chi connectivity index (χ4n) is 1.51. The minimum absolute atomic E-state index is 0.206. The molecule has 0 heterocycles. The minimum Gasteiger partial charge on any atom is -0.478 e. The van der Waals surface area contributed by atoms with E-state index in [1.54, 1.807) is 24.3 Å². The molecule has 0 spiro atoms. The summed E-state index contributed by atoms with van der Waals surface area (Å²) in [5, 5.41) is 8.75. The van der Waals surface area contributed by atoms with E-state index in [9.17, 15) is 9.59 Å². The lowest BCUT2D eigenvalue weighted by molar-refractivity contribution is -0.119. The van der Waals surface area contributed by atoms with E-state index >= 15 is 0 Å². The molecule has 1 amide bonds. The van der Waals surface area contributed by atoms with Crippen LogP contribution in [-0.4, -0.2) is 35.0 Å². The molecule has 5 nitrogen and oxygen atoms in total. The normalized spacial score (nSPS) is 10.5. The highest BCUT2D eigenvalue weighted by atomic mass is 16.4. The molecule has 0 saturated carbocycles. The van der Waals surface area contributed by atoms with Crippen molar-refractivity contribution in [2.75, 3.05) is 13.1 Å². The fraction of sp³-hybridized carbons (Fsp3) is 0.333. The number of carbonyl (C=O) groups excluding carboxylic acids is 1. The van der Waals surface area contributed by atoms with Crippen molar-refractivity contribution in [2.24, 2.45) is 5.73 Å².